The van der Waals surface area contributed by atoms with E-state index in [4.69, 9.17) is 0 Å². The highest BCUT2D eigenvalue weighted by Crippen LogP contribution is 2.42. The first kappa shape index (κ1) is 10.9. The van der Waals surface area contributed by atoms with Gasteiger partial charge in [0, 0.05) is 18.2 Å². The number of rotatable bonds is 2. The quantitative estimate of drug-likeness (QED) is 0.825. The molecule has 2 heterocycles. The van der Waals surface area contributed by atoms with Crippen molar-refractivity contribution in [2.24, 2.45) is 0 Å². The normalized spacial score (nSPS) is 17.6. The molecule has 0 spiro atoms. The van der Waals surface area contributed by atoms with Crippen molar-refractivity contribution in [1.29, 1.82) is 0 Å². The van der Waals surface area contributed by atoms with Crippen molar-refractivity contribution >= 4 is 11.5 Å². The second kappa shape index (κ2) is 4.02. The summed E-state index contributed by atoms with van der Waals surface area (Å²) in [6.07, 6.45) is 4.53. The second-order valence-electron chi connectivity index (χ2n) is 5.20. The number of anilines is 2. The molecule has 1 aromatic carbocycles. The van der Waals surface area contributed by atoms with Crippen LogP contribution < -0.4 is 4.90 Å². The Hall–Kier alpha value is -1.97. The Kier molecular flexibility index (Phi) is 2.31. The molecule has 2 aliphatic rings. The van der Waals surface area contributed by atoms with Crippen LogP contribution in [-0.4, -0.2) is 16.5 Å². The molecule has 96 valence electrons. The molecule has 3 nitrogen and oxygen atoms in total. The Morgan fingerprint density at radius 2 is 2.00 bits per heavy atom. The third kappa shape index (κ3) is 1.70. The van der Waals surface area contributed by atoms with E-state index in [2.05, 4.69) is 16.0 Å². The molecule has 0 saturated heterocycles. The van der Waals surface area contributed by atoms with Crippen LogP contribution >= 0.6 is 0 Å². The van der Waals surface area contributed by atoms with Crippen molar-refractivity contribution in [3.05, 3.63) is 47.7 Å². The highest BCUT2D eigenvalue weighted by Gasteiger charge is 2.32. The van der Waals surface area contributed by atoms with Crippen LogP contribution in [0.15, 0.2) is 30.6 Å². The summed E-state index contributed by atoms with van der Waals surface area (Å²) in [5.74, 6) is 0.503. The molecule has 0 bridgehead atoms. The molecule has 4 rings (SSSR count). The van der Waals surface area contributed by atoms with E-state index in [0.717, 1.165) is 31.5 Å². The fourth-order valence-corrected chi connectivity index (χ4v) is 2.76. The largest absolute Gasteiger partial charge is 0.323 e. The van der Waals surface area contributed by atoms with Crippen LogP contribution in [0.25, 0.3) is 0 Å². The maximum absolute atomic E-state index is 14.5. The summed E-state index contributed by atoms with van der Waals surface area (Å²) in [5.41, 5.74) is 2.92. The van der Waals surface area contributed by atoms with Gasteiger partial charge in [-0.15, -0.1) is 0 Å². The van der Waals surface area contributed by atoms with E-state index in [1.165, 1.54) is 11.9 Å². The van der Waals surface area contributed by atoms with Crippen molar-refractivity contribution in [3.8, 4) is 0 Å². The summed E-state index contributed by atoms with van der Waals surface area (Å²) >= 11 is 0. The lowest BCUT2D eigenvalue weighted by atomic mass is 10.2. The molecule has 0 amide bonds. The van der Waals surface area contributed by atoms with Crippen LogP contribution in [0.3, 0.4) is 0 Å². The van der Waals surface area contributed by atoms with Crippen LogP contribution in [0.2, 0.25) is 0 Å². The maximum Gasteiger partial charge on any atom is 0.187 e. The van der Waals surface area contributed by atoms with Gasteiger partial charge in [0.1, 0.15) is 6.33 Å². The molecule has 1 aromatic heterocycles. The summed E-state index contributed by atoms with van der Waals surface area (Å²) < 4.78 is 14.5. The van der Waals surface area contributed by atoms with E-state index in [0.29, 0.717) is 17.4 Å². The number of benzene rings is 1. The Labute approximate surface area is 111 Å². The molecule has 0 N–H and O–H groups in total. The molecule has 2 aromatic rings. The first-order chi connectivity index (χ1) is 9.34. The fourth-order valence-electron chi connectivity index (χ4n) is 2.76. The molecule has 1 aliphatic carbocycles. The van der Waals surface area contributed by atoms with Gasteiger partial charge in [-0.2, -0.15) is 0 Å². The number of hydrogen-bond donors (Lipinski definition) is 0. The molecule has 0 radical (unpaired) electrons. The van der Waals surface area contributed by atoms with Gasteiger partial charge in [0.25, 0.3) is 0 Å². The van der Waals surface area contributed by atoms with Crippen molar-refractivity contribution in [3.63, 3.8) is 0 Å². The van der Waals surface area contributed by atoms with Gasteiger partial charge in [0.2, 0.25) is 0 Å². The smallest absolute Gasteiger partial charge is 0.187 e. The number of aromatic nitrogens is 2. The maximum atomic E-state index is 14.5. The average Bonchev–Trinajstić information content (AvgIpc) is 3.19. The van der Waals surface area contributed by atoms with Gasteiger partial charge in [0.15, 0.2) is 11.6 Å². The van der Waals surface area contributed by atoms with Crippen molar-refractivity contribution < 1.29 is 4.39 Å². The molecule has 4 heteroatoms. The van der Waals surface area contributed by atoms with Gasteiger partial charge >= 0.3 is 0 Å². The Morgan fingerprint density at radius 3 is 2.84 bits per heavy atom. The van der Waals surface area contributed by atoms with Crippen molar-refractivity contribution in [2.45, 2.75) is 25.2 Å². The summed E-state index contributed by atoms with van der Waals surface area (Å²) in [5, 5.41) is 0. The van der Waals surface area contributed by atoms with Gasteiger partial charge in [-0.25, -0.2) is 14.4 Å². The molecule has 0 unspecified atom stereocenters. The van der Waals surface area contributed by atoms with E-state index < -0.39 is 0 Å². The molecular weight excluding hydrogens is 241 g/mol. The zero-order valence-electron chi connectivity index (χ0n) is 10.5. The summed E-state index contributed by atoms with van der Waals surface area (Å²) in [4.78, 5) is 10.3. The molecule has 0 atom stereocenters. The molecule has 19 heavy (non-hydrogen) atoms. The molecule has 1 aliphatic heterocycles. The third-order valence-corrected chi connectivity index (χ3v) is 3.90. The lowest BCUT2D eigenvalue weighted by molar-refractivity contribution is 0.590. The topological polar surface area (TPSA) is 29.0 Å². The minimum Gasteiger partial charge on any atom is -0.323 e. The fraction of sp³-hybridized carbons (Fsp3) is 0.333. The zero-order valence-corrected chi connectivity index (χ0v) is 10.5. The summed E-state index contributed by atoms with van der Waals surface area (Å²) in [6, 6.07) is 8.13. The van der Waals surface area contributed by atoms with Gasteiger partial charge in [0.05, 0.1) is 5.69 Å². The van der Waals surface area contributed by atoms with Gasteiger partial charge in [-0.3, -0.25) is 0 Å². The number of hydrogen-bond acceptors (Lipinski definition) is 3. The third-order valence-electron chi connectivity index (χ3n) is 3.90. The second-order valence-corrected chi connectivity index (χ2v) is 5.20. The monoisotopic (exact) mass is 255 g/mol. The summed E-state index contributed by atoms with van der Waals surface area (Å²) in [7, 11) is 0. The highest BCUT2D eigenvalue weighted by molar-refractivity contribution is 5.68. The molecular formula is C15H14FN3. The Morgan fingerprint density at radius 1 is 1.16 bits per heavy atom. The predicted octanol–water partition coefficient (Wildman–Crippen LogP) is 3.19. The van der Waals surface area contributed by atoms with Crippen LogP contribution in [0.1, 0.15) is 30.0 Å². The minimum absolute atomic E-state index is 0.235. The van der Waals surface area contributed by atoms with E-state index in [1.807, 2.05) is 23.1 Å². The van der Waals surface area contributed by atoms with E-state index in [-0.39, 0.29) is 5.82 Å². The first-order valence-electron chi connectivity index (χ1n) is 6.70. The summed E-state index contributed by atoms with van der Waals surface area (Å²) in [6.45, 7) is 0.789. The first-order valence-corrected chi connectivity index (χ1v) is 6.70. The van der Waals surface area contributed by atoms with Crippen molar-refractivity contribution in [1.82, 2.24) is 9.97 Å². The average molecular weight is 255 g/mol. The lowest BCUT2D eigenvalue weighted by Crippen LogP contribution is -2.17. The van der Waals surface area contributed by atoms with E-state index in [9.17, 15) is 4.39 Å². The Bertz CT molecular complexity index is 637. The van der Waals surface area contributed by atoms with Crippen LogP contribution in [-0.2, 0) is 6.42 Å². The number of halogens is 1. The standard InChI is InChI=1S/C15H14FN3/c16-13-14(11-5-6-11)17-9-18-15(13)19-8-7-10-3-1-2-4-12(10)19/h1-4,9,11H,5-8H2. The molecule has 1 fully saturated rings. The van der Waals surface area contributed by atoms with Crippen LogP contribution in [0.4, 0.5) is 15.9 Å². The molecule has 1 saturated carbocycles. The van der Waals surface area contributed by atoms with E-state index in [1.54, 1.807) is 0 Å². The SMILES string of the molecule is Fc1c(C2CC2)ncnc1N1CCc2ccccc21. The van der Waals surface area contributed by atoms with Gasteiger partial charge in [-0.05, 0) is 30.9 Å². The lowest BCUT2D eigenvalue weighted by Gasteiger charge is -2.19. The highest BCUT2D eigenvalue weighted by atomic mass is 19.1. The van der Waals surface area contributed by atoms with Crippen molar-refractivity contribution in [2.75, 3.05) is 11.4 Å². The van der Waals surface area contributed by atoms with Crippen LogP contribution in [0.5, 0.6) is 0 Å². The number of para-hydroxylation sites is 1. The van der Waals surface area contributed by atoms with E-state index >= 15 is 0 Å². The van der Waals surface area contributed by atoms with Crippen LogP contribution in [0, 0.1) is 5.82 Å². The predicted molar refractivity (Wildman–Crippen MR) is 71.1 cm³/mol. The minimum atomic E-state index is -0.235. The number of nitrogens with zero attached hydrogens (tertiary/aromatic N) is 3. The van der Waals surface area contributed by atoms with Gasteiger partial charge < -0.3 is 4.90 Å². The Balaban J connectivity index is 1.80. The van der Waals surface area contributed by atoms with Gasteiger partial charge in [-0.1, -0.05) is 18.2 Å². The zero-order chi connectivity index (χ0) is 12.8. The number of fused-ring (bicyclic) bond motifs is 1.